The molecule has 1 aromatic rings. The lowest BCUT2D eigenvalue weighted by molar-refractivity contribution is -0.134. The fourth-order valence-electron chi connectivity index (χ4n) is 4.06. The number of hydrogen-bond acceptors (Lipinski definition) is 12. The standard InChI is InChI=1S/C31H54N2O11/c1-3-44-31-28(29(36)30(31)37)10-5-7-14-39-18-22-43-24-20-41-16-12-33(26(2)34)25-27(35)9-4-6-13-38-17-21-42-23-19-40-15-8-11-32/h3-25,32H2,1-2H3. The number of ether oxygens (including phenoxy) is 7. The molecule has 0 unspecified atom stereocenters. The Morgan fingerprint density at radius 1 is 0.659 bits per heavy atom. The third-order valence-corrected chi connectivity index (χ3v) is 6.51. The van der Waals surface area contributed by atoms with Gasteiger partial charge in [0.2, 0.25) is 11.3 Å². The van der Waals surface area contributed by atoms with Crippen molar-refractivity contribution in [2.75, 3.05) is 106 Å². The lowest BCUT2D eigenvalue weighted by Gasteiger charge is -2.20. The first kappa shape index (κ1) is 39.8. The maximum Gasteiger partial charge on any atom is 0.268 e. The second kappa shape index (κ2) is 27.1. The first-order valence-corrected chi connectivity index (χ1v) is 15.8. The number of hydrogen-bond donors (Lipinski definition) is 1. The topological polar surface area (TPSA) is 162 Å². The van der Waals surface area contributed by atoms with E-state index in [-0.39, 0.29) is 24.0 Å². The van der Waals surface area contributed by atoms with Gasteiger partial charge in [-0.25, -0.2) is 0 Å². The molecule has 0 radical (unpaired) electrons. The summed E-state index contributed by atoms with van der Waals surface area (Å²) < 4.78 is 38.1. The summed E-state index contributed by atoms with van der Waals surface area (Å²) in [6.45, 7) is 10.4. The molecular weight excluding hydrogens is 576 g/mol. The zero-order valence-electron chi connectivity index (χ0n) is 26.8. The molecule has 0 saturated heterocycles. The highest BCUT2D eigenvalue weighted by atomic mass is 16.5. The molecule has 13 heteroatoms. The zero-order valence-corrected chi connectivity index (χ0v) is 26.8. The molecule has 0 aromatic heterocycles. The van der Waals surface area contributed by atoms with Gasteiger partial charge in [0.15, 0.2) is 11.5 Å². The van der Waals surface area contributed by atoms with Crippen molar-refractivity contribution in [3.63, 3.8) is 0 Å². The fourth-order valence-corrected chi connectivity index (χ4v) is 4.06. The van der Waals surface area contributed by atoms with E-state index >= 15 is 0 Å². The summed E-state index contributed by atoms with van der Waals surface area (Å²) in [5.41, 5.74) is 4.93. The Morgan fingerprint density at radius 3 is 1.68 bits per heavy atom. The molecule has 0 aliphatic heterocycles. The normalized spacial score (nSPS) is 11.3. The molecule has 0 bridgehead atoms. The number of unbranched alkanes of at least 4 members (excludes halogenated alkanes) is 2. The predicted octanol–water partition coefficient (Wildman–Crippen LogP) is 1.04. The molecule has 0 aliphatic carbocycles. The largest absolute Gasteiger partial charge is 0.489 e. The summed E-state index contributed by atoms with van der Waals surface area (Å²) in [4.78, 5) is 48.8. The molecule has 1 amide bonds. The van der Waals surface area contributed by atoms with E-state index in [0.29, 0.717) is 124 Å². The van der Waals surface area contributed by atoms with Gasteiger partial charge in [-0.3, -0.25) is 19.2 Å². The number of rotatable bonds is 32. The molecule has 254 valence electrons. The molecule has 0 aliphatic rings. The van der Waals surface area contributed by atoms with Crippen LogP contribution in [0.15, 0.2) is 9.59 Å². The molecule has 0 atom stereocenters. The first-order chi connectivity index (χ1) is 21.4. The Kier molecular flexibility index (Phi) is 24.5. The van der Waals surface area contributed by atoms with Gasteiger partial charge in [-0.05, 0) is 52.0 Å². The second-order valence-electron chi connectivity index (χ2n) is 10.1. The number of carbonyl (C=O) groups excluding carboxylic acids is 2. The number of ketones is 1. The summed E-state index contributed by atoms with van der Waals surface area (Å²) in [6, 6.07) is 0. The summed E-state index contributed by atoms with van der Waals surface area (Å²) in [6.07, 6.45) is 4.74. The SMILES string of the molecule is CCOc1c(CCCCOCCOCCOCCN(CC(=O)CCCCOCCOCCOCCCN)C(C)=O)c(=O)c1=O. The van der Waals surface area contributed by atoms with Crippen LogP contribution in [-0.4, -0.2) is 122 Å². The Morgan fingerprint density at radius 2 is 1.16 bits per heavy atom. The average Bonchev–Trinajstić information content (AvgIpc) is 3.01. The molecule has 0 fully saturated rings. The van der Waals surface area contributed by atoms with Crippen molar-refractivity contribution < 1.29 is 42.7 Å². The van der Waals surface area contributed by atoms with Crippen molar-refractivity contribution in [3.8, 4) is 5.75 Å². The van der Waals surface area contributed by atoms with E-state index in [0.717, 1.165) is 25.7 Å². The summed E-state index contributed by atoms with van der Waals surface area (Å²) in [7, 11) is 0. The van der Waals surface area contributed by atoms with Crippen molar-refractivity contribution in [1.82, 2.24) is 4.90 Å². The molecule has 13 nitrogen and oxygen atoms in total. The first-order valence-electron chi connectivity index (χ1n) is 15.8. The smallest absolute Gasteiger partial charge is 0.268 e. The molecule has 0 heterocycles. The molecule has 44 heavy (non-hydrogen) atoms. The minimum atomic E-state index is -0.523. The lowest BCUT2D eigenvalue weighted by Crippen LogP contribution is -2.37. The molecule has 2 N–H and O–H groups in total. The van der Waals surface area contributed by atoms with Crippen LogP contribution in [0.3, 0.4) is 0 Å². The van der Waals surface area contributed by atoms with E-state index in [9.17, 15) is 19.2 Å². The van der Waals surface area contributed by atoms with E-state index in [4.69, 9.17) is 38.9 Å². The van der Waals surface area contributed by atoms with Crippen LogP contribution in [-0.2, 0) is 44.4 Å². The third-order valence-electron chi connectivity index (χ3n) is 6.51. The fraction of sp³-hybridized carbons (Fsp3) is 0.806. The van der Waals surface area contributed by atoms with Gasteiger partial charge < -0.3 is 43.8 Å². The van der Waals surface area contributed by atoms with Crippen LogP contribution in [0.25, 0.3) is 0 Å². The summed E-state index contributed by atoms with van der Waals surface area (Å²) in [5, 5.41) is 0. The third kappa shape index (κ3) is 19.2. The van der Waals surface area contributed by atoms with Gasteiger partial charge in [-0.15, -0.1) is 0 Å². The molecule has 1 aromatic carbocycles. The van der Waals surface area contributed by atoms with Gasteiger partial charge >= 0.3 is 0 Å². The Balaban J connectivity index is 1.92. The van der Waals surface area contributed by atoms with Crippen molar-refractivity contribution in [2.24, 2.45) is 5.73 Å². The van der Waals surface area contributed by atoms with Crippen LogP contribution < -0.4 is 21.3 Å². The molecule has 0 spiro atoms. The van der Waals surface area contributed by atoms with Crippen molar-refractivity contribution in [2.45, 2.75) is 58.8 Å². The van der Waals surface area contributed by atoms with Crippen molar-refractivity contribution in [1.29, 1.82) is 0 Å². The number of Topliss-reactive ketones (excluding diaryl/α,β-unsaturated/α-hetero) is 1. The van der Waals surface area contributed by atoms with Gasteiger partial charge in [0.05, 0.1) is 72.6 Å². The molecule has 0 saturated carbocycles. The van der Waals surface area contributed by atoms with Gasteiger partial charge in [0, 0.05) is 45.3 Å². The lowest BCUT2D eigenvalue weighted by atomic mass is 10.0. The highest BCUT2D eigenvalue weighted by molar-refractivity contribution is 5.85. The van der Waals surface area contributed by atoms with Crippen LogP contribution in [0.1, 0.15) is 57.9 Å². The predicted molar refractivity (Wildman–Crippen MR) is 165 cm³/mol. The van der Waals surface area contributed by atoms with Crippen LogP contribution in [0.4, 0.5) is 0 Å². The van der Waals surface area contributed by atoms with Crippen LogP contribution in [0.5, 0.6) is 5.75 Å². The van der Waals surface area contributed by atoms with Crippen LogP contribution in [0.2, 0.25) is 0 Å². The van der Waals surface area contributed by atoms with Crippen LogP contribution >= 0.6 is 0 Å². The molecule has 1 rings (SSSR count). The van der Waals surface area contributed by atoms with Crippen molar-refractivity contribution in [3.05, 3.63) is 26.0 Å². The van der Waals surface area contributed by atoms with E-state index in [1.54, 1.807) is 6.92 Å². The minimum absolute atomic E-state index is 0.0143. The van der Waals surface area contributed by atoms with Gasteiger partial charge in [0.1, 0.15) is 0 Å². The number of nitrogens with two attached hydrogens (primary N) is 1. The highest BCUT2D eigenvalue weighted by Crippen LogP contribution is 2.14. The van der Waals surface area contributed by atoms with E-state index in [1.165, 1.54) is 11.8 Å². The number of amides is 1. The maximum absolute atomic E-state index is 12.3. The Bertz CT molecular complexity index is 950. The van der Waals surface area contributed by atoms with Gasteiger partial charge in [-0.2, -0.15) is 0 Å². The number of carbonyl (C=O) groups is 2. The van der Waals surface area contributed by atoms with E-state index < -0.39 is 10.9 Å². The summed E-state index contributed by atoms with van der Waals surface area (Å²) >= 11 is 0. The monoisotopic (exact) mass is 630 g/mol. The van der Waals surface area contributed by atoms with Crippen molar-refractivity contribution >= 4 is 11.7 Å². The second-order valence-corrected chi connectivity index (χ2v) is 10.1. The minimum Gasteiger partial charge on any atom is -0.489 e. The van der Waals surface area contributed by atoms with Gasteiger partial charge in [0.25, 0.3) is 5.43 Å². The maximum atomic E-state index is 12.3. The van der Waals surface area contributed by atoms with Gasteiger partial charge in [-0.1, -0.05) is 0 Å². The quantitative estimate of drug-likeness (QED) is 0.0891. The Labute approximate surface area is 261 Å². The van der Waals surface area contributed by atoms with E-state index in [2.05, 4.69) is 0 Å². The highest BCUT2D eigenvalue weighted by Gasteiger charge is 2.21. The molecular formula is C31H54N2O11. The van der Waals surface area contributed by atoms with E-state index in [1.807, 2.05) is 0 Å². The zero-order chi connectivity index (χ0) is 32.3. The Hall–Kier alpha value is -2.26. The number of nitrogens with zero attached hydrogens (tertiary/aromatic N) is 1. The average molecular weight is 631 g/mol. The summed E-state index contributed by atoms with van der Waals surface area (Å²) in [5.74, 6) is 0.0723. The van der Waals surface area contributed by atoms with Crippen LogP contribution in [0, 0.1) is 0 Å².